The Morgan fingerprint density at radius 3 is 2.58 bits per heavy atom. The average Bonchev–Trinajstić information content (AvgIpc) is 3.46. The minimum Gasteiger partial charge on any atom is -0.507 e. The van der Waals surface area contributed by atoms with Crippen LogP contribution in [0.25, 0.3) is 5.76 Å². The van der Waals surface area contributed by atoms with Crippen LogP contribution in [0, 0.1) is 0 Å². The molecule has 1 amide bonds. The summed E-state index contributed by atoms with van der Waals surface area (Å²) in [5, 5.41) is 11.4. The number of ether oxygens (including phenoxy) is 2. The highest BCUT2D eigenvalue weighted by Gasteiger charge is 2.47. The molecule has 1 unspecified atom stereocenters. The van der Waals surface area contributed by atoms with Gasteiger partial charge in [-0.1, -0.05) is 18.2 Å². The zero-order chi connectivity index (χ0) is 25.4. The summed E-state index contributed by atoms with van der Waals surface area (Å²) in [5.41, 5.74) is 3.71. The maximum Gasteiger partial charge on any atom is 0.300 e. The first-order valence-electron chi connectivity index (χ1n) is 12.0. The minimum absolute atomic E-state index is 0.0540. The van der Waals surface area contributed by atoms with Crippen molar-refractivity contribution in [1.29, 1.82) is 0 Å². The van der Waals surface area contributed by atoms with Gasteiger partial charge in [0.1, 0.15) is 17.3 Å². The van der Waals surface area contributed by atoms with Crippen molar-refractivity contribution in [3.8, 4) is 11.5 Å². The van der Waals surface area contributed by atoms with Crippen molar-refractivity contribution in [2.45, 2.75) is 19.4 Å². The van der Waals surface area contributed by atoms with E-state index < -0.39 is 17.7 Å². The lowest BCUT2D eigenvalue weighted by Gasteiger charge is -2.26. The Hall–Kier alpha value is -4.26. The van der Waals surface area contributed by atoms with Gasteiger partial charge < -0.3 is 19.5 Å². The number of rotatable bonds is 6. The molecule has 1 N–H and O–H groups in total. The molecule has 7 heteroatoms. The van der Waals surface area contributed by atoms with Gasteiger partial charge in [0, 0.05) is 43.5 Å². The molecule has 0 aliphatic carbocycles. The zero-order valence-electron chi connectivity index (χ0n) is 20.5. The predicted molar refractivity (Wildman–Crippen MR) is 139 cm³/mol. The summed E-state index contributed by atoms with van der Waals surface area (Å²) in [5.74, 6) is -0.259. The van der Waals surface area contributed by atoms with Crippen molar-refractivity contribution in [2.24, 2.45) is 0 Å². The fourth-order valence-corrected chi connectivity index (χ4v) is 4.75. The highest BCUT2D eigenvalue weighted by molar-refractivity contribution is 6.51. The van der Waals surface area contributed by atoms with Crippen LogP contribution in [0.15, 0.2) is 72.3 Å². The molecule has 7 nitrogen and oxygen atoms in total. The van der Waals surface area contributed by atoms with Gasteiger partial charge in [0.2, 0.25) is 0 Å². The van der Waals surface area contributed by atoms with Crippen molar-refractivity contribution in [3.05, 3.63) is 89.0 Å². The molecule has 1 fully saturated rings. The molecule has 5 rings (SSSR count). The number of aliphatic hydroxyl groups excluding tert-OH is 1. The number of aliphatic hydroxyl groups is 1. The van der Waals surface area contributed by atoms with Gasteiger partial charge >= 0.3 is 0 Å². The van der Waals surface area contributed by atoms with Gasteiger partial charge in [-0.25, -0.2) is 0 Å². The van der Waals surface area contributed by atoms with Crippen molar-refractivity contribution in [1.82, 2.24) is 0 Å². The Morgan fingerprint density at radius 2 is 1.86 bits per heavy atom. The third-order valence-corrected chi connectivity index (χ3v) is 6.54. The number of nitrogens with zero attached hydrogens (tertiary/aromatic N) is 2. The number of fused-ring (bicyclic) bond motifs is 1. The Labute approximate surface area is 210 Å². The first-order chi connectivity index (χ1) is 17.4. The topological polar surface area (TPSA) is 79.3 Å². The third-order valence-electron chi connectivity index (χ3n) is 6.54. The second-order valence-electron chi connectivity index (χ2n) is 9.01. The molecule has 0 bridgehead atoms. The van der Waals surface area contributed by atoms with Gasteiger partial charge in [0.25, 0.3) is 11.7 Å². The van der Waals surface area contributed by atoms with Crippen molar-refractivity contribution >= 4 is 28.8 Å². The largest absolute Gasteiger partial charge is 0.507 e. The lowest BCUT2D eigenvalue weighted by atomic mass is 9.94. The van der Waals surface area contributed by atoms with Crippen molar-refractivity contribution in [3.63, 3.8) is 0 Å². The van der Waals surface area contributed by atoms with Crippen LogP contribution in [0.4, 0.5) is 11.4 Å². The van der Waals surface area contributed by atoms with Gasteiger partial charge in [-0.05, 0) is 60.5 Å². The molecule has 2 aliphatic rings. The van der Waals surface area contributed by atoms with E-state index in [0.717, 1.165) is 23.4 Å². The molecule has 3 aromatic carbocycles. The van der Waals surface area contributed by atoms with Crippen LogP contribution in [0.3, 0.4) is 0 Å². The Morgan fingerprint density at radius 1 is 1.08 bits per heavy atom. The first kappa shape index (κ1) is 23.5. The van der Waals surface area contributed by atoms with Crippen LogP contribution in [-0.4, -0.2) is 44.1 Å². The summed E-state index contributed by atoms with van der Waals surface area (Å²) >= 11 is 0. The normalized spacial score (nSPS) is 18.2. The SMILES string of the molecule is CCOc1cccc(N2C(=O)C(=O)/C(=C(\O)c3ccc4c(c3)CCO4)C2c2ccc(N(C)C)cc2)c1. The summed E-state index contributed by atoms with van der Waals surface area (Å²) in [6.45, 7) is 2.94. The first-order valence-corrected chi connectivity index (χ1v) is 12.0. The molecule has 184 valence electrons. The lowest BCUT2D eigenvalue weighted by Crippen LogP contribution is -2.29. The number of anilines is 2. The lowest BCUT2D eigenvalue weighted by molar-refractivity contribution is -0.132. The van der Waals surface area contributed by atoms with Gasteiger partial charge in [0.05, 0.1) is 24.8 Å². The fraction of sp³-hybridized carbons (Fsp3) is 0.241. The number of benzene rings is 3. The van der Waals surface area contributed by atoms with Crippen LogP contribution in [0.2, 0.25) is 0 Å². The number of hydrogen-bond acceptors (Lipinski definition) is 6. The molecular formula is C29H28N2O5. The Bertz CT molecular complexity index is 1360. The molecule has 3 aromatic rings. The van der Waals surface area contributed by atoms with Gasteiger partial charge in [0.15, 0.2) is 0 Å². The number of amides is 1. The van der Waals surface area contributed by atoms with Crippen LogP contribution in [0.5, 0.6) is 11.5 Å². The fourth-order valence-electron chi connectivity index (χ4n) is 4.75. The van der Waals surface area contributed by atoms with Crippen molar-refractivity contribution < 1.29 is 24.2 Å². The number of hydrogen-bond donors (Lipinski definition) is 1. The number of carbonyl (C=O) groups excluding carboxylic acids is 2. The summed E-state index contributed by atoms with van der Waals surface area (Å²) in [7, 11) is 3.88. The summed E-state index contributed by atoms with van der Waals surface area (Å²) in [4.78, 5) is 30.3. The highest BCUT2D eigenvalue weighted by Crippen LogP contribution is 2.43. The molecule has 0 saturated carbocycles. The van der Waals surface area contributed by atoms with E-state index in [9.17, 15) is 14.7 Å². The molecule has 1 atom stereocenters. The second-order valence-corrected chi connectivity index (χ2v) is 9.01. The molecule has 0 aromatic heterocycles. The Kier molecular flexibility index (Phi) is 6.14. The molecule has 36 heavy (non-hydrogen) atoms. The molecular weight excluding hydrogens is 456 g/mol. The van der Waals surface area contributed by atoms with E-state index in [1.807, 2.05) is 56.3 Å². The van der Waals surface area contributed by atoms with E-state index in [-0.39, 0.29) is 11.3 Å². The number of Topliss-reactive ketones (excluding diaryl/α,β-unsaturated/α-hetero) is 1. The molecule has 2 aliphatic heterocycles. The van der Waals surface area contributed by atoms with E-state index in [4.69, 9.17) is 9.47 Å². The Balaban J connectivity index is 1.67. The molecule has 2 heterocycles. The molecule has 0 spiro atoms. The monoisotopic (exact) mass is 484 g/mol. The van der Waals surface area contributed by atoms with E-state index >= 15 is 0 Å². The quantitative estimate of drug-likeness (QED) is 0.310. The second kappa shape index (κ2) is 9.41. The van der Waals surface area contributed by atoms with Crippen LogP contribution >= 0.6 is 0 Å². The summed E-state index contributed by atoms with van der Waals surface area (Å²) < 4.78 is 11.2. The maximum atomic E-state index is 13.4. The summed E-state index contributed by atoms with van der Waals surface area (Å²) in [6, 6.07) is 19.2. The standard InChI is InChI=1S/C29H28N2O5/c1-4-35-23-7-5-6-22(17-23)31-26(18-8-11-21(12-9-18)30(2)3)25(28(33)29(31)34)27(32)20-10-13-24-19(16-20)14-15-36-24/h5-13,16-17,26,32H,4,14-15H2,1-3H3/b27-25-. The van der Waals surface area contributed by atoms with E-state index in [2.05, 4.69) is 0 Å². The summed E-state index contributed by atoms with van der Waals surface area (Å²) in [6.07, 6.45) is 0.727. The van der Waals surface area contributed by atoms with Crippen LogP contribution < -0.4 is 19.3 Å². The van der Waals surface area contributed by atoms with Crippen molar-refractivity contribution in [2.75, 3.05) is 37.1 Å². The average molecular weight is 485 g/mol. The molecule has 0 radical (unpaired) electrons. The van der Waals surface area contributed by atoms with E-state index in [1.165, 1.54) is 4.90 Å². The van der Waals surface area contributed by atoms with E-state index in [0.29, 0.717) is 35.8 Å². The number of ketones is 1. The van der Waals surface area contributed by atoms with E-state index in [1.54, 1.807) is 36.4 Å². The van der Waals surface area contributed by atoms with Crippen LogP contribution in [0.1, 0.15) is 29.7 Å². The van der Waals surface area contributed by atoms with Gasteiger partial charge in [-0.15, -0.1) is 0 Å². The third kappa shape index (κ3) is 4.06. The van der Waals surface area contributed by atoms with Gasteiger partial charge in [-0.3, -0.25) is 14.5 Å². The van der Waals surface area contributed by atoms with Gasteiger partial charge in [-0.2, -0.15) is 0 Å². The highest BCUT2D eigenvalue weighted by atomic mass is 16.5. The maximum absolute atomic E-state index is 13.4. The predicted octanol–water partition coefficient (Wildman–Crippen LogP) is 4.71. The number of carbonyl (C=O) groups is 2. The zero-order valence-corrected chi connectivity index (χ0v) is 20.5. The minimum atomic E-state index is -0.803. The molecule has 1 saturated heterocycles. The smallest absolute Gasteiger partial charge is 0.300 e. The van der Waals surface area contributed by atoms with Crippen LogP contribution in [-0.2, 0) is 16.0 Å².